The fourth-order valence-corrected chi connectivity index (χ4v) is 3.18. The first-order valence-electron chi connectivity index (χ1n) is 9.24. The fourth-order valence-electron chi connectivity index (χ4n) is 3.18. The summed E-state index contributed by atoms with van der Waals surface area (Å²) in [4.78, 5) is 20.6. The lowest BCUT2D eigenvalue weighted by Gasteiger charge is -2.13. The van der Waals surface area contributed by atoms with Gasteiger partial charge in [0.1, 0.15) is 0 Å². The van der Waals surface area contributed by atoms with E-state index in [9.17, 15) is 4.79 Å². The quantitative estimate of drug-likeness (QED) is 0.476. The second-order valence-corrected chi connectivity index (χ2v) is 6.73. The van der Waals surface area contributed by atoms with Gasteiger partial charge in [-0.1, -0.05) is 48.5 Å². The van der Waals surface area contributed by atoms with Crippen molar-refractivity contribution in [1.82, 2.24) is 9.97 Å². The Bertz CT molecular complexity index is 1240. The Kier molecular flexibility index (Phi) is 5.00. The summed E-state index contributed by atoms with van der Waals surface area (Å²) >= 11 is 0. The van der Waals surface area contributed by atoms with Crippen LogP contribution in [0.25, 0.3) is 22.0 Å². The van der Waals surface area contributed by atoms with Crippen molar-refractivity contribution in [2.75, 3.05) is 5.32 Å². The van der Waals surface area contributed by atoms with E-state index in [4.69, 9.17) is 5.26 Å². The molecule has 140 valence electrons. The summed E-state index contributed by atoms with van der Waals surface area (Å²) in [6.45, 7) is 1.55. The minimum absolute atomic E-state index is 0.0256. The van der Waals surface area contributed by atoms with Gasteiger partial charge in [0.25, 0.3) is 0 Å². The number of benzene rings is 3. The molecule has 0 fully saturated rings. The Labute approximate surface area is 168 Å². The average molecular weight is 378 g/mol. The van der Waals surface area contributed by atoms with Gasteiger partial charge in [-0.05, 0) is 36.2 Å². The van der Waals surface area contributed by atoms with Crippen molar-refractivity contribution >= 4 is 28.3 Å². The fraction of sp³-hybridized carbons (Fsp3) is 0.0833. The standard InChI is InChI=1S/C24H18N4O/c1-16(29)18-7-9-19(10-8-18)21-14-17(12-13-25)6-11-23(21)28-24-26-15-20-4-2-3-5-22(20)27-24/h2-11,14-15H,12H2,1H3,(H,26,27,28). The molecule has 0 bridgehead atoms. The molecule has 4 rings (SSSR count). The molecule has 0 aliphatic rings. The molecule has 4 aromatic rings. The number of hydrogen-bond donors (Lipinski definition) is 1. The molecule has 5 nitrogen and oxygen atoms in total. The van der Waals surface area contributed by atoms with Crippen LogP contribution in [0.5, 0.6) is 0 Å². The summed E-state index contributed by atoms with van der Waals surface area (Å²) in [6.07, 6.45) is 2.11. The van der Waals surface area contributed by atoms with Crippen LogP contribution in [0.15, 0.2) is 72.9 Å². The zero-order valence-electron chi connectivity index (χ0n) is 15.9. The van der Waals surface area contributed by atoms with E-state index in [1.807, 2.05) is 66.7 Å². The highest BCUT2D eigenvalue weighted by molar-refractivity contribution is 5.95. The molecule has 0 saturated heterocycles. The molecule has 3 aromatic carbocycles. The zero-order valence-corrected chi connectivity index (χ0v) is 15.9. The number of ketones is 1. The Balaban J connectivity index is 1.75. The van der Waals surface area contributed by atoms with Crippen molar-refractivity contribution in [3.63, 3.8) is 0 Å². The Morgan fingerprint density at radius 1 is 1.07 bits per heavy atom. The Morgan fingerprint density at radius 2 is 1.86 bits per heavy atom. The van der Waals surface area contributed by atoms with E-state index in [0.717, 1.165) is 33.3 Å². The number of nitriles is 1. The molecule has 29 heavy (non-hydrogen) atoms. The third-order valence-corrected chi connectivity index (χ3v) is 4.71. The van der Waals surface area contributed by atoms with Crippen molar-refractivity contribution < 1.29 is 4.79 Å². The van der Waals surface area contributed by atoms with Crippen LogP contribution in [0, 0.1) is 11.3 Å². The van der Waals surface area contributed by atoms with Gasteiger partial charge in [0.2, 0.25) is 5.95 Å². The molecule has 1 heterocycles. The van der Waals surface area contributed by atoms with Crippen molar-refractivity contribution in [3.8, 4) is 17.2 Å². The number of aromatic nitrogens is 2. The van der Waals surface area contributed by atoms with Gasteiger partial charge in [-0.15, -0.1) is 0 Å². The number of nitrogens with zero attached hydrogens (tertiary/aromatic N) is 3. The Morgan fingerprint density at radius 3 is 2.62 bits per heavy atom. The van der Waals surface area contributed by atoms with Crippen LogP contribution in [0.4, 0.5) is 11.6 Å². The second-order valence-electron chi connectivity index (χ2n) is 6.73. The van der Waals surface area contributed by atoms with Crippen molar-refractivity contribution in [2.24, 2.45) is 0 Å². The number of para-hydroxylation sites is 1. The van der Waals surface area contributed by atoms with E-state index in [-0.39, 0.29) is 5.78 Å². The Hall–Kier alpha value is -4.04. The predicted molar refractivity (Wildman–Crippen MR) is 114 cm³/mol. The second kappa shape index (κ2) is 7.91. The summed E-state index contributed by atoms with van der Waals surface area (Å²) in [7, 11) is 0. The molecule has 0 spiro atoms. The summed E-state index contributed by atoms with van der Waals surface area (Å²) in [5, 5.41) is 13.3. The van der Waals surface area contributed by atoms with Gasteiger partial charge in [0.05, 0.1) is 18.0 Å². The first-order valence-corrected chi connectivity index (χ1v) is 9.24. The van der Waals surface area contributed by atoms with E-state index in [2.05, 4.69) is 21.4 Å². The van der Waals surface area contributed by atoms with Gasteiger partial charge in [-0.25, -0.2) is 9.97 Å². The number of Topliss-reactive ketones (excluding diaryl/α,β-unsaturated/α-hetero) is 1. The lowest BCUT2D eigenvalue weighted by atomic mass is 9.98. The van der Waals surface area contributed by atoms with Gasteiger partial charge in [0.15, 0.2) is 5.78 Å². The highest BCUT2D eigenvalue weighted by atomic mass is 16.1. The minimum atomic E-state index is 0.0256. The monoisotopic (exact) mass is 378 g/mol. The van der Waals surface area contributed by atoms with Crippen molar-refractivity contribution in [1.29, 1.82) is 5.26 Å². The van der Waals surface area contributed by atoms with Gasteiger partial charge in [-0.3, -0.25) is 4.79 Å². The smallest absolute Gasteiger partial charge is 0.227 e. The molecule has 0 saturated carbocycles. The summed E-state index contributed by atoms with van der Waals surface area (Å²) in [5.74, 6) is 0.524. The summed E-state index contributed by atoms with van der Waals surface area (Å²) < 4.78 is 0. The zero-order chi connectivity index (χ0) is 20.2. The summed E-state index contributed by atoms with van der Waals surface area (Å²) in [5.41, 5.74) is 5.14. The van der Waals surface area contributed by atoms with Crippen molar-refractivity contribution in [2.45, 2.75) is 13.3 Å². The molecule has 1 N–H and O–H groups in total. The third-order valence-electron chi connectivity index (χ3n) is 4.71. The van der Waals surface area contributed by atoms with Crippen LogP contribution in [0.3, 0.4) is 0 Å². The molecule has 1 aromatic heterocycles. The lowest BCUT2D eigenvalue weighted by Crippen LogP contribution is -2.00. The molecule has 0 radical (unpaired) electrons. The van der Waals surface area contributed by atoms with Crippen LogP contribution >= 0.6 is 0 Å². The molecule has 0 amide bonds. The minimum Gasteiger partial charge on any atom is -0.324 e. The van der Waals surface area contributed by atoms with Crippen LogP contribution in [-0.2, 0) is 6.42 Å². The summed E-state index contributed by atoms with van der Waals surface area (Å²) in [6, 6.07) is 23.3. The van der Waals surface area contributed by atoms with E-state index >= 15 is 0 Å². The molecule has 0 aliphatic heterocycles. The molecule has 0 aliphatic carbocycles. The first-order chi connectivity index (χ1) is 14.1. The normalized spacial score (nSPS) is 10.5. The number of rotatable bonds is 5. The lowest BCUT2D eigenvalue weighted by molar-refractivity contribution is 0.101. The van der Waals surface area contributed by atoms with E-state index in [0.29, 0.717) is 17.9 Å². The molecule has 5 heteroatoms. The number of carbonyl (C=O) groups is 1. The van der Waals surface area contributed by atoms with Crippen LogP contribution < -0.4 is 5.32 Å². The first kappa shape index (κ1) is 18.3. The SMILES string of the molecule is CC(=O)c1ccc(-c2cc(CC#N)ccc2Nc2ncc3ccccc3n2)cc1. The van der Waals surface area contributed by atoms with E-state index in [1.165, 1.54) is 0 Å². The van der Waals surface area contributed by atoms with Gasteiger partial charge in [0, 0.05) is 28.4 Å². The molecular formula is C24H18N4O. The third kappa shape index (κ3) is 3.97. The number of carbonyl (C=O) groups excluding carboxylic acids is 1. The topological polar surface area (TPSA) is 78.7 Å². The highest BCUT2D eigenvalue weighted by Crippen LogP contribution is 2.31. The van der Waals surface area contributed by atoms with Crippen LogP contribution in [-0.4, -0.2) is 15.8 Å². The highest BCUT2D eigenvalue weighted by Gasteiger charge is 2.10. The van der Waals surface area contributed by atoms with Gasteiger partial charge < -0.3 is 5.32 Å². The number of fused-ring (bicyclic) bond motifs is 1. The molecule has 0 atom stereocenters. The number of anilines is 2. The maximum Gasteiger partial charge on any atom is 0.227 e. The predicted octanol–water partition coefficient (Wildman–Crippen LogP) is 5.31. The van der Waals surface area contributed by atoms with Crippen molar-refractivity contribution in [3.05, 3.63) is 84.1 Å². The number of hydrogen-bond acceptors (Lipinski definition) is 5. The molecular weight excluding hydrogens is 360 g/mol. The van der Waals surface area contributed by atoms with Crippen LogP contribution in [0.1, 0.15) is 22.8 Å². The van der Waals surface area contributed by atoms with Gasteiger partial charge >= 0.3 is 0 Å². The largest absolute Gasteiger partial charge is 0.324 e. The maximum atomic E-state index is 11.6. The van der Waals surface area contributed by atoms with Crippen LogP contribution in [0.2, 0.25) is 0 Å². The van der Waals surface area contributed by atoms with E-state index in [1.54, 1.807) is 13.1 Å². The maximum absolute atomic E-state index is 11.6. The molecule has 0 unspecified atom stereocenters. The van der Waals surface area contributed by atoms with Gasteiger partial charge in [-0.2, -0.15) is 5.26 Å². The van der Waals surface area contributed by atoms with E-state index < -0.39 is 0 Å². The number of nitrogens with one attached hydrogen (secondary N) is 1. The average Bonchev–Trinajstić information content (AvgIpc) is 2.75.